The lowest BCUT2D eigenvalue weighted by atomic mass is 10.00. The Labute approximate surface area is 327 Å². The quantitative estimate of drug-likeness (QED) is 0.176. The van der Waals surface area contributed by atoms with Gasteiger partial charge in [-0.3, -0.25) is 24.0 Å². The van der Waals surface area contributed by atoms with Crippen LogP contribution < -0.4 is 19.5 Å². The Hall–Kier alpha value is -5.27. The predicted molar refractivity (Wildman–Crippen MR) is 212 cm³/mol. The number of benzene rings is 3. The van der Waals surface area contributed by atoms with E-state index in [1.54, 1.807) is 18.1 Å². The summed E-state index contributed by atoms with van der Waals surface area (Å²) >= 11 is 0. The van der Waals surface area contributed by atoms with Crippen LogP contribution in [0.4, 0.5) is 0 Å². The lowest BCUT2D eigenvalue weighted by molar-refractivity contribution is -0.144. The van der Waals surface area contributed by atoms with Crippen molar-refractivity contribution < 1.29 is 32.3 Å². The summed E-state index contributed by atoms with van der Waals surface area (Å²) in [5.74, 6) is -0.854. The van der Waals surface area contributed by atoms with Gasteiger partial charge in [0, 0.05) is 35.4 Å². The van der Waals surface area contributed by atoms with Gasteiger partial charge < -0.3 is 19.7 Å². The number of fused-ring (bicyclic) bond motifs is 1. The van der Waals surface area contributed by atoms with Crippen molar-refractivity contribution in [3.63, 3.8) is 0 Å². The smallest absolute Gasteiger partial charge is 0.259 e. The normalized spacial score (nSPS) is 24.2. The van der Waals surface area contributed by atoms with Crippen molar-refractivity contribution in [2.45, 2.75) is 73.9 Å². The van der Waals surface area contributed by atoms with E-state index in [2.05, 4.69) is 21.5 Å². The van der Waals surface area contributed by atoms with Gasteiger partial charge in [-0.2, -0.15) is 0 Å². The summed E-state index contributed by atoms with van der Waals surface area (Å²) in [6.45, 7) is 5.43. The van der Waals surface area contributed by atoms with Crippen LogP contribution in [0.3, 0.4) is 0 Å². The number of carbonyl (C=O) groups is 3. The van der Waals surface area contributed by atoms with Crippen LogP contribution >= 0.6 is 0 Å². The second kappa shape index (κ2) is 15.3. The van der Waals surface area contributed by atoms with E-state index in [0.29, 0.717) is 35.6 Å². The Kier molecular flexibility index (Phi) is 10.3. The van der Waals surface area contributed by atoms with E-state index in [0.717, 1.165) is 48.9 Å². The van der Waals surface area contributed by atoms with Crippen LogP contribution in [0.15, 0.2) is 97.6 Å². The molecule has 4 aromatic rings. The first-order valence-corrected chi connectivity index (χ1v) is 21.0. The highest BCUT2D eigenvalue weighted by atomic mass is 32.2. The molecule has 3 aromatic carbocycles. The molecule has 56 heavy (non-hydrogen) atoms. The lowest BCUT2D eigenvalue weighted by Crippen LogP contribution is -2.57. The maximum atomic E-state index is 15.0. The number of ether oxygens (including phenoxy) is 2. The Morgan fingerprint density at radius 3 is 2.34 bits per heavy atom. The standard InChI is InChI=1S/C43H47N5O7S/c1-3-30-26-43(30,42(51)46-56(52,53)33-18-19-33)45-40(49)37-24-32(27-48(37)41(50)39(29-15-9-5-10-16-29)47-21-11-6-12-22-47)55-38-25-35(28-13-7-4-8-14-28)44-36-23-31(54-2)17-20-34(36)38/h3-5,7-10,13-17,20,23,25,30,32-33,37,39H,1,6,11-12,18-19,21-22,24,26-27H2,2H3,(H,45,49)(H,46,51)/t30-,32+,37-,39-,43-/m0/s1. The van der Waals surface area contributed by atoms with Gasteiger partial charge in [-0.1, -0.05) is 73.2 Å². The molecule has 13 heteroatoms. The first-order valence-electron chi connectivity index (χ1n) is 19.4. The average molecular weight is 778 g/mol. The van der Waals surface area contributed by atoms with E-state index in [1.165, 1.54) is 0 Å². The van der Waals surface area contributed by atoms with Gasteiger partial charge in [0.15, 0.2) is 0 Å². The molecule has 3 amide bonds. The highest BCUT2D eigenvalue weighted by molar-refractivity contribution is 7.91. The van der Waals surface area contributed by atoms with Crippen molar-refractivity contribution in [1.29, 1.82) is 0 Å². The van der Waals surface area contributed by atoms with Crippen LogP contribution in [0.2, 0.25) is 0 Å². The highest BCUT2D eigenvalue weighted by Gasteiger charge is 2.62. The monoisotopic (exact) mass is 777 g/mol. The fourth-order valence-corrected chi connectivity index (χ4v) is 9.57. The summed E-state index contributed by atoms with van der Waals surface area (Å²) in [5.41, 5.74) is 1.58. The first kappa shape index (κ1) is 37.6. The minimum Gasteiger partial charge on any atom is -0.497 e. The number of aromatic nitrogens is 1. The Morgan fingerprint density at radius 2 is 1.68 bits per heavy atom. The summed E-state index contributed by atoms with van der Waals surface area (Å²) < 4.78 is 40.2. The van der Waals surface area contributed by atoms with Crippen LogP contribution in [0, 0.1) is 5.92 Å². The third-order valence-corrected chi connectivity index (χ3v) is 13.4. The molecular weight excluding hydrogens is 731 g/mol. The lowest BCUT2D eigenvalue weighted by Gasteiger charge is -2.37. The SMILES string of the molecule is C=C[C@H]1C[C@@]1(NC(=O)[C@@H]1C[C@@H](Oc2cc(-c3ccccc3)nc3cc(OC)ccc23)CN1C(=O)[C@H](c1ccccc1)N1CCCCC1)C(=O)NS(=O)(=O)C1CC1. The van der Waals surface area contributed by atoms with Gasteiger partial charge in [0.05, 0.1) is 30.1 Å². The number of hydrogen-bond acceptors (Lipinski definition) is 9. The van der Waals surface area contributed by atoms with Crippen molar-refractivity contribution >= 4 is 38.6 Å². The summed E-state index contributed by atoms with van der Waals surface area (Å²) in [5, 5.41) is 3.05. The predicted octanol–water partition coefficient (Wildman–Crippen LogP) is 5.16. The van der Waals surface area contributed by atoms with Crippen molar-refractivity contribution in [3.05, 3.63) is 103 Å². The molecule has 2 N–H and O–H groups in total. The Bertz CT molecular complexity index is 2240. The molecule has 2 saturated heterocycles. The highest BCUT2D eigenvalue weighted by Crippen LogP contribution is 2.46. The van der Waals surface area contributed by atoms with Crippen LogP contribution in [0.25, 0.3) is 22.2 Å². The number of nitrogens with one attached hydrogen (secondary N) is 2. The molecule has 2 aliphatic heterocycles. The second-order valence-electron chi connectivity index (χ2n) is 15.3. The third kappa shape index (κ3) is 7.49. The van der Waals surface area contributed by atoms with Gasteiger partial charge in [0.1, 0.15) is 35.2 Å². The fraction of sp³-hybridized carbons (Fsp3) is 0.395. The molecule has 12 nitrogen and oxygen atoms in total. The van der Waals surface area contributed by atoms with E-state index in [-0.39, 0.29) is 25.3 Å². The Morgan fingerprint density at radius 1 is 0.964 bits per heavy atom. The molecule has 2 aliphatic carbocycles. The summed E-state index contributed by atoms with van der Waals surface area (Å²) in [7, 11) is -2.27. The average Bonchev–Trinajstić information content (AvgIpc) is 4.15. The molecule has 0 spiro atoms. The summed E-state index contributed by atoms with van der Waals surface area (Å²) in [6.07, 6.45) is 5.25. The molecule has 0 bridgehead atoms. The first-order chi connectivity index (χ1) is 27.1. The minimum absolute atomic E-state index is 0.106. The van der Waals surface area contributed by atoms with Crippen LogP contribution in [-0.4, -0.2) is 90.6 Å². The van der Waals surface area contributed by atoms with E-state index >= 15 is 4.79 Å². The van der Waals surface area contributed by atoms with Crippen molar-refractivity contribution in [1.82, 2.24) is 24.8 Å². The third-order valence-electron chi connectivity index (χ3n) is 11.5. The molecule has 292 valence electrons. The number of amides is 3. The van der Waals surface area contributed by atoms with Gasteiger partial charge in [-0.15, -0.1) is 6.58 Å². The fourth-order valence-electron chi connectivity index (χ4n) is 8.21. The van der Waals surface area contributed by atoms with Crippen LogP contribution in [0.1, 0.15) is 56.6 Å². The molecule has 4 aliphatic rings. The maximum absolute atomic E-state index is 15.0. The second-order valence-corrected chi connectivity index (χ2v) is 17.3. The molecule has 4 fully saturated rings. The zero-order valence-electron chi connectivity index (χ0n) is 31.4. The molecule has 2 saturated carbocycles. The maximum Gasteiger partial charge on any atom is 0.259 e. The van der Waals surface area contributed by atoms with Crippen molar-refractivity contribution in [2.75, 3.05) is 26.7 Å². The van der Waals surface area contributed by atoms with Crippen LogP contribution in [0.5, 0.6) is 11.5 Å². The van der Waals surface area contributed by atoms with Crippen LogP contribution in [-0.2, 0) is 24.4 Å². The zero-order chi connectivity index (χ0) is 39.0. The van der Waals surface area contributed by atoms with Gasteiger partial charge >= 0.3 is 0 Å². The number of methoxy groups -OCH3 is 1. The minimum atomic E-state index is -3.87. The molecule has 1 aromatic heterocycles. The number of pyridine rings is 1. The molecule has 5 atom stereocenters. The van der Waals surface area contributed by atoms with Gasteiger partial charge in [0.2, 0.25) is 21.8 Å². The number of likely N-dealkylation sites (tertiary alicyclic amines) is 2. The zero-order valence-corrected chi connectivity index (χ0v) is 32.2. The number of hydrogen-bond donors (Lipinski definition) is 2. The number of carbonyl (C=O) groups excluding carboxylic acids is 3. The molecule has 3 heterocycles. The summed E-state index contributed by atoms with van der Waals surface area (Å²) in [6, 6.07) is 25.2. The van der Waals surface area contributed by atoms with E-state index < -0.39 is 56.7 Å². The molecule has 0 unspecified atom stereocenters. The van der Waals surface area contributed by atoms with E-state index in [9.17, 15) is 18.0 Å². The van der Waals surface area contributed by atoms with Crippen molar-refractivity contribution in [2.24, 2.45) is 5.92 Å². The Balaban J connectivity index is 1.14. The molecular formula is C43H47N5O7S. The number of sulfonamides is 1. The molecule has 0 radical (unpaired) electrons. The van der Waals surface area contributed by atoms with Crippen molar-refractivity contribution in [3.8, 4) is 22.8 Å². The van der Waals surface area contributed by atoms with Gasteiger partial charge in [0.25, 0.3) is 5.91 Å². The van der Waals surface area contributed by atoms with E-state index in [1.807, 2.05) is 84.9 Å². The molecule has 8 rings (SSSR count). The number of piperidine rings is 1. The topological polar surface area (TPSA) is 147 Å². The number of nitrogens with zero attached hydrogens (tertiary/aromatic N) is 3. The largest absolute Gasteiger partial charge is 0.497 e. The van der Waals surface area contributed by atoms with Gasteiger partial charge in [-0.05, 0) is 62.9 Å². The summed E-state index contributed by atoms with van der Waals surface area (Å²) in [4.78, 5) is 52.0. The van der Waals surface area contributed by atoms with Gasteiger partial charge in [-0.25, -0.2) is 13.4 Å². The van der Waals surface area contributed by atoms with E-state index in [4.69, 9.17) is 14.5 Å². The number of rotatable bonds is 13.